The van der Waals surface area contributed by atoms with Crippen molar-refractivity contribution in [3.8, 4) is 0 Å². The number of fused-ring (bicyclic) bond motifs is 1. The molecule has 23 heavy (non-hydrogen) atoms. The van der Waals surface area contributed by atoms with Gasteiger partial charge in [-0.2, -0.15) is 0 Å². The number of aliphatic hydroxyl groups is 1. The number of aromatic nitrogens is 1. The maximum atomic E-state index is 9.99. The van der Waals surface area contributed by atoms with Crippen molar-refractivity contribution in [2.45, 2.75) is 64.7 Å². The third-order valence-electron chi connectivity index (χ3n) is 4.10. The number of nitrogens with zero attached hydrogens (tertiary/aromatic N) is 1. The Labute approximate surface area is 141 Å². The number of hydrogen-bond acceptors (Lipinski definition) is 2. The molecule has 2 rings (SSSR count). The van der Waals surface area contributed by atoms with E-state index in [0.717, 1.165) is 19.4 Å². The Morgan fingerprint density at radius 2 is 1.91 bits per heavy atom. The molecule has 1 N–H and O–H groups in total. The number of aryl methyl sites for hydroxylation is 1. The first-order valence-electron chi connectivity index (χ1n) is 8.53. The zero-order chi connectivity index (χ0) is 17.1. The SMILES string of the molecule is CC(C)(O)CCc1cccc2ccn(COCC[Si](C)(C)C)c12. The summed E-state index contributed by atoms with van der Waals surface area (Å²) in [6.07, 6.45) is 3.74. The second-order valence-electron chi connectivity index (χ2n) is 8.30. The van der Waals surface area contributed by atoms with E-state index >= 15 is 0 Å². The van der Waals surface area contributed by atoms with Crippen LogP contribution in [0.1, 0.15) is 25.8 Å². The van der Waals surface area contributed by atoms with Crippen molar-refractivity contribution in [3.05, 3.63) is 36.0 Å². The first-order valence-corrected chi connectivity index (χ1v) is 12.2. The van der Waals surface area contributed by atoms with Crippen molar-refractivity contribution >= 4 is 19.0 Å². The fourth-order valence-corrected chi connectivity index (χ4v) is 3.39. The summed E-state index contributed by atoms with van der Waals surface area (Å²) in [5.41, 5.74) is 1.89. The molecule has 1 aromatic heterocycles. The van der Waals surface area contributed by atoms with E-state index in [4.69, 9.17) is 4.74 Å². The molecular formula is C19H31NO2Si. The second-order valence-corrected chi connectivity index (χ2v) is 13.9. The summed E-state index contributed by atoms with van der Waals surface area (Å²) in [7, 11) is -1.04. The fraction of sp³-hybridized carbons (Fsp3) is 0.579. The van der Waals surface area contributed by atoms with E-state index in [1.807, 2.05) is 13.8 Å². The Hall–Kier alpha value is -1.10. The van der Waals surface area contributed by atoms with Gasteiger partial charge in [0.1, 0.15) is 6.73 Å². The number of para-hydroxylation sites is 1. The topological polar surface area (TPSA) is 34.4 Å². The van der Waals surface area contributed by atoms with Gasteiger partial charge in [-0.25, -0.2) is 0 Å². The van der Waals surface area contributed by atoms with E-state index in [0.29, 0.717) is 6.73 Å². The predicted octanol–water partition coefficient (Wildman–Crippen LogP) is 4.66. The molecule has 0 unspecified atom stereocenters. The average molecular weight is 334 g/mol. The Kier molecular flexibility index (Phi) is 5.71. The van der Waals surface area contributed by atoms with Crippen LogP contribution in [0, 0.1) is 0 Å². The molecule has 0 aliphatic heterocycles. The van der Waals surface area contributed by atoms with Gasteiger partial charge in [-0.1, -0.05) is 37.8 Å². The lowest BCUT2D eigenvalue weighted by Gasteiger charge is -2.18. The molecule has 4 heteroatoms. The van der Waals surface area contributed by atoms with Crippen LogP contribution >= 0.6 is 0 Å². The van der Waals surface area contributed by atoms with Crippen LogP contribution in [0.4, 0.5) is 0 Å². The highest BCUT2D eigenvalue weighted by molar-refractivity contribution is 6.76. The van der Waals surface area contributed by atoms with Crippen LogP contribution in [0.5, 0.6) is 0 Å². The normalized spacial score (nSPS) is 13.0. The molecule has 0 atom stereocenters. The molecule has 3 nitrogen and oxygen atoms in total. The number of benzene rings is 1. The van der Waals surface area contributed by atoms with Crippen molar-refractivity contribution in [3.63, 3.8) is 0 Å². The number of hydrogen-bond donors (Lipinski definition) is 1. The van der Waals surface area contributed by atoms with Gasteiger partial charge in [-0.05, 0) is 49.7 Å². The molecule has 1 heterocycles. The molecule has 0 spiro atoms. The summed E-state index contributed by atoms with van der Waals surface area (Å²) in [5.74, 6) is 0. The largest absolute Gasteiger partial charge is 0.390 e. The molecule has 0 bridgehead atoms. The van der Waals surface area contributed by atoms with E-state index in [1.165, 1.54) is 22.5 Å². The minimum Gasteiger partial charge on any atom is -0.390 e. The third kappa shape index (κ3) is 5.79. The summed E-state index contributed by atoms with van der Waals surface area (Å²) in [5, 5.41) is 11.2. The van der Waals surface area contributed by atoms with E-state index in [9.17, 15) is 5.11 Å². The second kappa shape index (κ2) is 7.20. The summed E-state index contributed by atoms with van der Waals surface area (Å²) < 4.78 is 8.10. The number of ether oxygens (including phenoxy) is 1. The lowest BCUT2D eigenvalue weighted by molar-refractivity contribution is 0.0713. The first kappa shape index (κ1) is 18.2. The first-order chi connectivity index (χ1) is 10.7. The minimum atomic E-state index is -1.04. The summed E-state index contributed by atoms with van der Waals surface area (Å²) in [6.45, 7) is 12.3. The molecule has 0 saturated carbocycles. The zero-order valence-electron chi connectivity index (χ0n) is 15.2. The molecule has 128 valence electrons. The summed E-state index contributed by atoms with van der Waals surface area (Å²) in [4.78, 5) is 0. The van der Waals surface area contributed by atoms with Gasteiger partial charge < -0.3 is 14.4 Å². The fourth-order valence-electron chi connectivity index (χ4n) is 2.63. The van der Waals surface area contributed by atoms with E-state index in [-0.39, 0.29) is 0 Å². The highest BCUT2D eigenvalue weighted by Crippen LogP contribution is 2.23. The molecular weight excluding hydrogens is 302 g/mol. The van der Waals surface area contributed by atoms with Crippen molar-refractivity contribution in [2.24, 2.45) is 0 Å². The highest BCUT2D eigenvalue weighted by atomic mass is 28.3. The lowest BCUT2D eigenvalue weighted by Crippen LogP contribution is -2.22. The van der Waals surface area contributed by atoms with Gasteiger partial charge in [0.25, 0.3) is 0 Å². The average Bonchev–Trinajstić information content (AvgIpc) is 2.83. The Bertz CT molecular complexity index is 635. The van der Waals surface area contributed by atoms with Gasteiger partial charge in [0.15, 0.2) is 0 Å². The Morgan fingerprint density at radius 1 is 1.17 bits per heavy atom. The highest BCUT2D eigenvalue weighted by Gasteiger charge is 2.15. The molecule has 0 radical (unpaired) electrons. The number of rotatable bonds is 8. The van der Waals surface area contributed by atoms with Gasteiger partial charge >= 0.3 is 0 Å². The van der Waals surface area contributed by atoms with Crippen LogP contribution in [0.25, 0.3) is 10.9 Å². The summed E-state index contributed by atoms with van der Waals surface area (Å²) >= 11 is 0. The van der Waals surface area contributed by atoms with Crippen LogP contribution < -0.4 is 0 Å². The van der Waals surface area contributed by atoms with Crippen LogP contribution in [0.15, 0.2) is 30.5 Å². The van der Waals surface area contributed by atoms with E-state index in [2.05, 4.69) is 54.7 Å². The summed E-state index contributed by atoms with van der Waals surface area (Å²) in [6, 6.07) is 9.73. The molecule has 0 amide bonds. The van der Waals surface area contributed by atoms with Crippen molar-refractivity contribution in [1.29, 1.82) is 0 Å². The Balaban J connectivity index is 2.08. The third-order valence-corrected chi connectivity index (χ3v) is 5.81. The van der Waals surface area contributed by atoms with Crippen molar-refractivity contribution in [1.82, 2.24) is 4.57 Å². The van der Waals surface area contributed by atoms with Crippen LogP contribution in [-0.2, 0) is 17.9 Å². The quantitative estimate of drug-likeness (QED) is 0.563. The molecule has 1 aromatic carbocycles. The van der Waals surface area contributed by atoms with Gasteiger partial charge in [0, 0.05) is 20.9 Å². The van der Waals surface area contributed by atoms with E-state index < -0.39 is 13.7 Å². The van der Waals surface area contributed by atoms with E-state index in [1.54, 1.807) is 0 Å². The minimum absolute atomic E-state index is 0.605. The monoisotopic (exact) mass is 333 g/mol. The zero-order valence-corrected chi connectivity index (χ0v) is 16.2. The van der Waals surface area contributed by atoms with Gasteiger partial charge in [-0.3, -0.25) is 0 Å². The van der Waals surface area contributed by atoms with Gasteiger partial charge in [0.05, 0.1) is 11.1 Å². The predicted molar refractivity (Wildman–Crippen MR) is 101 cm³/mol. The van der Waals surface area contributed by atoms with Crippen LogP contribution in [0.2, 0.25) is 25.7 Å². The lowest BCUT2D eigenvalue weighted by atomic mass is 9.98. The molecule has 0 aliphatic rings. The standard InChI is InChI=1S/C19H31NO2Si/c1-19(2,21)11-9-16-7-6-8-17-10-12-20(18(16)17)15-22-13-14-23(3,4)5/h6-8,10,12,21H,9,11,13-15H2,1-5H3. The Morgan fingerprint density at radius 3 is 2.57 bits per heavy atom. The molecule has 0 aliphatic carbocycles. The van der Waals surface area contributed by atoms with Crippen molar-refractivity contribution in [2.75, 3.05) is 6.61 Å². The maximum Gasteiger partial charge on any atom is 0.122 e. The van der Waals surface area contributed by atoms with Gasteiger partial charge in [-0.15, -0.1) is 0 Å². The molecule has 2 aromatic rings. The smallest absolute Gasteiger partial charge is 0.122 e. The van der Waals surface area contributed by atoms with Crippen LogP contribution in [-0.4, -0.2) is 30.0 Å². The van der Waals surface area contributed by atoms with Crippen LogP contribution in [0.3, 0.4) is 0 Å². The molecule has 0 saturated heterocycles. The molecule has 0 fully saturated rings. The van der Waals surface area contributed by atoms with Gasteiger partial charge in [0.2, 0.25) is 0 Å². The maximum absolute atomic E-state index is 9.99. The van der Waals surface area contributed by atoms with Crippen molar-refractivity contribution < 1.29 is 9.84 Å².